The smallest absolute Gasteiger partial charge is 0.328 e. The van der Waals surface area contributed by atoms with Gasteiger partial charge >= 0.3 is 5.97 Å². The van der Waals surface area contributed by atoms with Gasteiger partial charge in [0.15, 0.2) is 0 Å². The number of nitrogens with one attached hydrogen (secondary N) is 2. The monoisotopic (exact) mass is 498 g/mol. The largest absolute Gasteiger partial charge is 0.467 e. The third-order valence-electron chi connectivity index (χ3n) is 5.95. The number of esters is 1. The lowest BCUT2D eigenvalue weighted by molar-refractivity contribution is -0.142. The Kier molecular flexibility index (Phi) is 8.30. The summed E-state index contributed by atoms with van der Waals surface area (Å²) in [6, 6.07) is 24.4. The Hall–Kier alpha value is -4.46. The molecule has 1 unspecified atom stereocenters. The number of methoxy groups -OCH3 is 1. The van der Waals surface area contributed by atoms with E-state index in [1.807, 2.05) is 54.6 Å². The minimum atomic E-state index is -0.704. The summed E-state index contributed by atoms with van der Waals surface area (Å²) < 4.78 is 10.0. The normalized spacial score (nSPS) is 12.4. The van der Waals surface area contributed by atoms with E-state index >= 15 is 0 Å². The van der Waals surface area contributed by atoms with Gasteiger partial charge in [-0.15, -0.1) is 0 Å². The molecule has 0 spiro atoms. The zero-order valence-corrected chi connectivity index (χ0v) is 21.1. The number of hydrogen-bond donors (Lipinski definition) is 2. The topological polar surface area (TPSA) is 106 Å². The van der Waals surface area contributed by atoms with Gasteiger partial charge in [-0.1, -0.05) is 54.5 Å². The molecule has 4 aromatic rings. The zero-order chi connectivity index (χ0) is 26.2. The van der Waals surface area contributed by atoms with Crippen LogP contribution in [0.1, 0.15) is 29.8 Å². The number of carbonyl (C=O) groups excluding carboxylic acids is 2. The first-order chi connectivity index (χ1) is 17.9. The summed E-state index contributed by atoms with van der Waals surface area (Å²) >= 11 is 0. The molecule has 190 valence electrons. The van der Waals surface area contributed by atoms with Crippen LogP contribution in [-0.2, 0) is 16.0 Å². The highest BCUT2D eigenvalue weighted by molar-refractivity contribution is 5.96. The Morgan fingerprint density at radius 2 is 1.62 bits per heavy atom. The quantitative estimate of drug-likeness (QED) is 0.297. The first-order valence-corrected chi connectivity index (χ1v) is 12.1. The van der Waals surface area contributed by atoms with Crippen LogP contribution in [0.4, 0.5) is 5.69 Å². The molecule has 37 heavy (non-hydrogen) atoms. The van der Waals surface area contributed by atoms with Crippen molar-refractivity contribution in [3.63, 3.8) is 0 Å². The number of amides is 1. The van der Waals surface area contributed by atoms with Crippen molar-refractivity contribution in [3.05, 3.63) is 90.0 Å². The van der Waals surface area contributed by atoms with E-state index in [-0.39, 0.29) is 5.91 Å². The third-order valence-corrected chi connectivity index (χ3v) is 5.95. The summed E-state index contributed by atoms with van der Waals surface area (Å²) in [7, 11) is 1.29. The van der Waals surface area contributed by atoms with E-state index in [1.54, 1.807) is 19.1 Å². The predicted molar refractivity (Wildman–Crippen MR) is 142 cm³/mol. The number of anilines is 1. The first-order valence-electron chi connectivity index (χ1n) is 12.1. The van der Waals surface area contributed by atoms with Gasteiger partial charge in [0.05, 0.1) is 7.11 Å². The molecule has 0 radical (unpaired) electrons. The van der Waals surface area contributed by atoms with Crippen LogP contribution in [0.15, 0.2) is 83.4 Å². The summed E-state index contributed by atoms with van der Waals surface area (Å²) in [5.41, 5.74) is 4.42. The van der Waals surface area contributed by atoms with Crippen molar-refractivity contribution in [2.75, 3.05) is 19.0 Å². The van der Waals surface area contributed by atoms with Crippen molar-refractivity contribution in [3.8, 4) is 22.8 Å². The highest BCUT2D eigenvalue weighted by Crippen LogP contribution is 2.23. The second-order valence-corrected chi connectivity index (χ2v) is 8.97. The van der Waals surface area contributed by atoms with Gasteiger partial charge in [-0.05, 0) is 61.2 Å². The number of ether oxygens (including phenoxy) is 1. The number of nitrogens with zero attached hydrogens (tertiary/aromatic N) is 2. The van der Waals surface area contributed by atoms with Crippen LogP contribution in [0.5, 0.6) is 0 Å². The Bertz CT molecular complexity index is 1320. The van der Waals surface area contributed by atoms with Gasteiger partial charge in [-0.25, -0.2) is 4.79 Å². The molecule has 1 aromatic heterocycles. The summed E-state index contributed by atoms with van der Waals surface area (Å²) in [4.78, 5) is 28.3. The highest BCUT2D eigenvalue weighted by atomic mass is 16.5. The maximum atomic E-state index is 12.3. The molecule has 8 nitrogen and oxygen atoms in total. The molecular formula is C29H30N4O4. The van der Waals surface area contributed by atoms with Crippen molar-refractivity contribution in [2.24, 2.45) is 5.92 Å². The predicted octanol–water partition coefficient (Wildman–Crippen LogP) is 4.99. The minimum Gasteiger partial charge on any atom is -0.467 e. The Labute approximate surface area is 216 Å². The second-order valence-electron chi connectivity index (χ2n) is 8.97. The van der Waals surface area contributed by atoms with E-state index in [2.05, 4.69) is 44.6 Å². The second kappa shape index (κ2) is 12.0. The number of aromatic nitrogens is 2. The lowest BCUT2D eigenvalue weighted by atomic mass is 10.00. The maximum absolute atomic E-state index is 12.3. The fourth-order valence-corrected chi connectivity index (χ4v) is 3.85. The van der Waals surface area contributed by atoms with Crippen LogP contribution < -0.4 is 10.6 Å². The van der Waals surface area contributed by atoms with Gasteiger partial charge in [0.1, 0.15) is 6.04 Å². The Balaban J connectivity index is 1.26. The van der Waals surface area contributed by atoms with E-state index in [4.69, 9.17) is 4.52 Å². The van der Waals surface area contributed by atoms with Crippen LogP contribution >= 0.6 is 0 Å². The SMILES string of the molecule is COC(=O)[C@H](C)NC(=O)c1ccc(NCC(C)Cc2ccc(-c3noc(-c4ccccc4)n3)cc2)cc1. The molecule has 0 aliphatic rings. The molecule has 0 fully saturated rings. The van der Waals surface area contributed by atoms with Gasteiger partial charge in [0.25, 0.3) is 11.8 Å². The molecule has 8 heteroatoms. The third kappa shape index (κ3) is 6.82. The van der Waals surface area contributed by atoms with Gasteiger partial charge in [0.2, 0.25) is 5.82 Å². The standard InChI is InChI=1S/C29H30N4O4/c1-19(18-30-25-15-13-23(14-16-25)27(34)31-20(2)29(35)36-3)17-21-9-11-22(12-10-21)26-32-28(37-33-26)24-7-5-4-6-8-24/h4-16,19-20,30H,17-18H2,1-3H3,(H,31,34)/t19?,20-/m0/s1. The van der Waals surface area contributed by atoms with E-state index in [1.165, 1.54) is 12.7 Å². The number of carbonyl (C=O) groups is 2. The van der Waals surface area contributed by atoms with Gasteiger partial charge in [0, 0.05) is 28.9 Å². The van der Waals surface area contributed by atoms with Gasteiger partial charge < -0.3 is 19.9 Å². The maximum Gasteiger partial charge on any atom is 0.328 e. The number of rotatable bonds is 10. The molecular weight excluding hydrogens is 468 g/mol. The molecule has 2 N–H and O–H groups in total. The Morgan fingerprint density at radius 1 is 0.919 bits per heavy atom. The molecule has 0 bridgehead atoms. The first kappa shape index (κ1) is 25.6. The van der Waals surface area contributed by atoms with Crippen LogP contribution in [-0.4, -0.2) is 41.7 Å². The van der Waals surface area contributed by atoms with E-state index in [0.29, 0.717) is 23.2 Å². The fourth-order valence-electron chi connectivity index (χ4n) is 3.85. The van der Waals surface area contributed by atoms with Crippen molar-refractivity contribution in [2.45, 2.75) is 26.3 Å². The van der Waals surface area contributed by atoms with Crippen molar-refractivity contribution < 1.29 is 18.8 Å². The van der Waals surface area contributed by atoms with E-state index in [0.717, 1.165) is 29.8 Å². The molecule has 2 atom stereocenters. The average molecular weight is 499 g/mol. The molecule has 4 rings (SSSR count). The summed E-state index contributed by atoms with van der Waals surface area (Å²) in [6.07, 6.45) is 0.903. The van der Waals surface area contributed by atoms with E-state index < -0.39 is 12.0 Å². The molecule has 1 heterocycles. The summed E-state index contributed by atoms with van der Waals surface area (Å²) in [6.45, 7) is 4.54. The fraction of sp³-hybridized carbons (Fsp3) is 0.241. The molecule has 0 saturated carbocycles. The molecule has 0 aliphatic heterocycles. The Morgan fingerprint density at radius 3 is 2.30 bits per heavy atom. The van der Waals surface area contributed by atoms with Crippen molar-refractivity contribution >= 4 is 17.6 Å². The molecule has 0 aliphatic carbocycles. The van der Waals surface area contributed by atoms with Gasteiger partial charge in [-0.2, -0.15) is 4.98 Å². The summed E-state index contributed by atoms with van der Waals surface area (Å²) in [5, 5.41) is 10.2. The molecule has 0 saturated heterocycles. The van der Waals surface area contributed by atoms with Crippen molar-refractivity contribution in [1.82, 2.24) is 15.5 Å². The van der Waals surface area contributed by atoms with Crippen LogP contribution in [0, 0.1) is 5.92 Å². The van der Waals surface area contributed by atoms with Crippen LogP contribution in [0.25, 0.3) is 22.8 Å². The van der Waals surface area contributed by atoms with E-state index in [9.17, 15) is 9.59 Å². The average Bonchev–Trinajstić information content (AvgIpc) is 3.43. The van der Waals surface area contributed by atoms with Gasteiger partial charge in [-0.3, -0.25) is 4.79 Å². The molecule has 3 aromatic carbocycles. The lowest BCUT2D eigenvalue weighted by Gasteiger charge is -2.15. The van der Waals surface area contributed by atoms with Crippen molar-refractivity contribution in [1.29, 1.82) is 0 Å². The zero-order valence-electron chi connectivity index (χ0n) is 21.1. The molecule has 1 amide bonds. The summed E-state index contributed by atoms with van der Waals surface area (Å²) in [5.74, 6) is 0.644. The number of hydrogen-bond acceptors (Lipinski definition) is 7. The minimum absolute atomic E-state index is 0.321. The number of benzene rings is 3. The van der Waals surface area contributed by atoms with Crippen LogP contribution in [0.3, 0.4) is 0 Å². The highest BCUT2D eigenvalue weighted by Gasteiger charge is 2.17. The lowest BCUT2D eigenvalue weighted by Crippen LogP contribution is -2.39. The van der Waals surface area contributed by atoms with Crippen LogP contribution in [0.2, 0.25) is 0 Å².